The van der Waals surface area contributed by atoms with Crippen LogP contribution in [-0.2, 0) is 4.79 Å². The van der Waals surface area contributed by atoms with Crippen LogP contribution in [0.4, 0.5) is 5.69 Å². The van der Waals surface area contributed by atoms with Crippen molar-refractivity contribution in [3.8, 4) is 0 Å². The van der Waals surface area contributed by atoms with Gasteiger partial charge in [0.25, 0.3) is 0 Å². The van der Waals surface area contributed by atoms with Crippen LogP contribution < -0.4 is 15.8 Å². The Balaban J connectivity index is 1.60. The van der Waals surface area contributed by atoms with Crippen molar-refractivity contribution in [3.05, 3.63) is 63.1 Å². The smallest absolute Gasteiger partial charge is 0.241 e. The number of hydrazine groups is 1. The number of rotatable bonds is 4. The highest BCUT2D eigenvalue weighted by Crippen LogP contribution is 2.32. The van der Waals surface area contributed by atoms with Gasteiger partial charge in [-0.3, -0.25) is 19.9 Å². The number of aliphatic imine (C=N–C) groups is 1. The molecule has 2 aliphatic rings. The van der Waals surface area contributed by atoms with Crippen LogP contribution in [0.15, 0.2) is 51.9 Å². The molecule has 2 atom stereocenters. The number of nitrogens with one attached hydrogen (secondary N) is 2. The van der Waals surface area contributed by atoms with Crippen LogP contribution in [0.3, 0.4) is 0 Å². The van der Waals surface area contributed by atoms with Crippen molar-refractivity contribution in [1.82, 2.24) is 10.9 Å². The molecule has 1 amide bonds. The Morgan fingerprint density at radius 2 is 2.07 bits per heavy atom. The van der Waals surface area contributed by atoms with Gasteiger partial charge in [0.05, 0.1) is 17.4 Å². The van der Waals surface area contributed by atoms with Crippen LogP contribution in [0.1, 0.15) is 15.9 Å². The van der Waals surface area contributed by atoms with Gasteiger partial charge in [-0.25, -0.2) is 10.4 Å². The number of hydrogen-bond acceptors (Lipinski definition) is 6. The molecule has 0 aromatic heterocycles. The van der Waals surface area contributed by atoms with Crippen LogP contribution in [0, 0.1) is 12.8 Å². The summed E-state index contributed by atoms with van der Waals surface area (Å²) in [5.41, 5.74) is 8.21. The fourth-order valence-electron chi connectivity index (χ4n) is 3.18. The largest absolute Gasteiger partial charge is 0.293 e. The molecule has 2 heterocycles. The number of carbonyl (C=O) groups excluding carboxylic acids is 2. The number of Topliss-reactive ketones (excluding diaryl/α,β-unsaturated/α-hetero) is 1. The van der Waals surface area contributed by atoms with E-state index in [1.807, 2.05) is 31.2 Å². The SMILES string of the molecule is Cc1ccc(N2C(=O)C3CNNC3N=C2SCC(=O)c2ccc(Br)cc2)cc1Cl. The third-order valence-electron chi connectivity index (χ3n) is 4.84. The Morgan fingerprint density at radius 1 is 1.31 bits per heavy atom. The molecule has 2 N–H and O–H groups in total. The highest BCUT2D eigenvalue weighted by molar-refractivity contribution is 9.10. The lowest BCUT2D eigenvalue weighted by Crippen LogP contribution is -2.49. The standard InChI is InChI=1S/C20H18BrClN4O2S/c1-11-2-7-14(8-16(11)22)26-19(28)15-9-23-25-18(15)24-20(26)29-10-17(27)12-3-5-13(21)6-4-12/h2-8,15,18,23,25H,9-10H2,1H3. The summed E-state index contributed by atoms with van der Waals surface area (Å²) in [6.45, 7) is 2.41. The summed E-state index contributed by atoms with van der Waals surface area (Å²) < 4.78 is 0.914. The lowest BCUT2D eigenvalue weighted by Gasteiger charge is -2.32. The molecule has 2 aliphatic heterocycles. The number of amides is 1. The first kappa shape index (κ1) is 20.6. The van der Waals surface area contributed by atoms with Gasteiger partial charge in [0.1, 0.15) is 6.17 Å². The number of carbonyl (C=O) groups is 2. The molecule has 0 spiro atoms. The number of ketones is 1. The Morgan fingerprint density at radius 3 is 2.79 bits per heavy atom. The van der Waals surface area contributed by atoms with E-state index in [1.165, 1.54) is 11.8 Å². The maximum absolute atomic E-state index is 13.2. The van der Waals surface area contributed by atoms with Crippen LogP contribution >= 0.6 is 39.3 Å². The second-order valence-corrected chi connectivity index (χ2v) is 9.08. The molecule has 1 saturated heterocycles. The summed E-state index contributed by atoms with van der Waals surface area (Å²) in [7, 11) is 0. The van der Waals surface area contributed by atoms with Gasteiger partial charge >= 0.3 is 0 Å². The molecule has 1 fully saturated rings. The molecule has 29 heavy (non-hydrogen) atoms. The normalized spacial score (nSPS) is 21.1. The first-order valence-electron chi connectivity index (χ1n) is 9.02. The molecule has 0 radical (unpaired) electrons. The Kier molecular flexibility index (Phi) is 6.08. The summed E-state index contributed by atoms with van der Waals surface area (Å²) >= 11 is 10.9. The summed E-state index contributed by atoms with van der Waals surface area (Å²) in [5.74, 6) is -0.226. The van der Waals surface area contributed by atoms with E-state index < -0.39 is 0 Å². The first-order valence-corrected chi connectivity index (χ1v) is 11.2. The van der Waals surface area contributed by atoms with Gasteiger partial charge in [0, 0.05) is 21.6 Å². The second-order valence-electron chi connectivity index (χ2n) is 6.81. The fourth-order valence-corrected chi connectivity index (χ4v) is 4.56. The van der Waals surface area contributed by atoms with Gasteiger partial charge in [-0.2, -0.15) is 0 Å². The molecule has 4 rings (SSSR count). The van der Waals surface area contributed by atoms with E-state index in [4.69, 9.17) is 16.6 Å². The predicted octanol–water partition coefficient (Wildman–Crippen LogP) is 3.78. The van der Waals surface area contributed by atoms with Gasteiger partial charge in [-0.1, -0.05) is 57.5 Å². The van der Waals surface area contributed by atoms with Gasteiger partial charge < -0.3 is 0 Å². The molecular weight excluding hydrogens is 476 g/mol. The van der Waals surface area contributed by atoms with E-state index >= 15 is 0 Å². The molecule has 0 saturated carbocycles. The lowest BCUT2D eigenvalue weighted by atomic mass is 10.0. The van der Waals surface area contributed by atoms with E-state index in [-0.39, 0.29) is 29.5 Å². The minimum Gasteiger partial charge on any atom is -0.293 e. The molecular formula is C20H18BrClN4O2S. The van der Waals surface area contributed by atoms with E-state index in [2.05, 4.69) is 26.8 Å². The van der Waals surface area contributed by atoms with Gasteiger partial charge in [0.15, 0.2) is 11.0 Å². The minimum absolute atomic E-state index is 0.0285. The number of halogens is 2. The van der Waals surface area contributed by atoms with Gasteiger partial charge in [-0.15, -0.1) is 0 Å². The number of aryl methyl sites for hydroxylation is 1. The summed E-state index contributed by atoms with van der Waals surface area (Å²) in [6, 6.07) is 12.7. The van der Waals surface area contributed by atoms with Crippen molar-refractivity contribution in [2.75, 3.05) is 17.2 Å². The number of hydrogen-bond donors (Lipinski definition) is 2. The van der Waals surface area contributed by atoms with Crippen molar-refractivity contribution in [3.63, 3.8) is 0 Å². The average Bonchev–Trinajstić information content (AvgIpc) is 3.18. The van der Waals surface area contributed by atoms with E-state index in [9.17, 15) is 9.59 Å². The fraction of sp³-hybridized carbons (Fsp3) is 0.250. The number of fused-ring (bicyclic) bond motifs is 1. The predicted molar refractivity (Wildman–Crippen MR) is 120 cm³/mol. The molecule has 6 nitrogen and oxygen atoms in total. The number of amidine groups is 1. The molecule has 2 unspecified atom stereocenters. The molecule has 9 heteroatoms. The van der Waals surface area contributed by atoms with Crippen molar-refractivity contribution < 1.29 is 9.59 Å². The van der Waals surface area contributed by atoms with E-state index in [0.29, 0.717) is 28.0 Å². The lowest BCUT2D eigenvalue weighted by molar-refractivity contribution is -0.121. The van der Waals surface area contributed by atoms with Crippen LogP contribution in [0.2, 0.25) is 5.02 Å². The van der Waals surface area contributed by atoms with Crippen LogP contribution in [0.5, 0.6) is 0 Å². The van der Waals surface area contributed by atoms with Crippen LogP contribution in [0.25, 0.3) is 0 Å². The van der Waals surface area contributed by atoms with Gasteiger partial charge in [0.2, 0.25) is 5.91 Å². The quantitative estimate of drug-likeness (QED) is 0.634. The first-order chi connectivity index (χ1) is 13.9. The number of nitrogens with zero attached hydrogens (tertiary/aromatic N) is 2. The molecule has 2 aromatic carbocycles. The Bertz CT molecular complexity index is 998. The van der Waals surface area contributed by atoms with Crippen molar-refractivity contribution >= 4 is 61.8 Å². The molecule has 150 valence electrons. The molecule has 0 aliphatic carbocycles. The zero-order valence-corrected chi connectivity index (χ0v) is 18.6. The summed E-state index contributed by atoms with van der Waals surface area (Å²) in [4.78, 5) is 32.1. The maximum Gasteiger partial charge on any atom is 0.241 e. The van der Waals surface area contributed by atoms with Crippen molar-refractivity contribution in [2.45, 2.75) is 13.1 Å². The summed E-state index contributed by atoms with van der Waals surface area (Å²) in [6.07, 6.45) is -0.343. The monoisotopic (exact) mass is 492 g/mol. The Labute approximate surface area is 186 Å². The highest BCUT2D eigenvalue weighted by atomic mass is 79.9. The van der Waals surface area contributed by atoms with Gasteiger partial charge in [-0.05, 0) is 36.8 Å². The highest BCUT2D eigenvalue weighted by Gasteiger charge is 2.42. The number of benzene rings is 2. The average molecular weight is 494 g/mol. The van der Waals surface area contributed by atoms with Crippen LogP contribution in [-0.4, -0.2) is 35.3 Å². The third-order valence-corrected chi connectivity index (χ3v) is 6.73. The number of thioether (sulfide) groups is 1. The van der Waals surface area contributed by atoms with E-state index in [1.54, 1.807) is 23.1 Å². The maximum atomic E-state index is 13.2. The summed E-state index contributed by atoms with van der Waals surface area (Å²) in [5, 5.41) is 1.06. The second kappa shape index (κ2) is 8.57. The number of anilines is 1. The van der Waals surface area contributed by atoms with Crippen molar-refractivity contribution in [2.24, 2.45) is 10.9 Å². The Hall–Kier alpha value is -1.71. The van der Waals surface area contributed by atoms with Crippen molar-refractivity contribution in [1.29, 1.82) is 0 Å². The zero-order valence-electron chi connectivity index (χ0n) is 15.5. The topological polar surface area (TPSA) is 73.8 Å². The molecule has 2 aromatic rings. The minimum atomic E-state index is -0.343. The third kappa shape index (κ3) is 4.27. The van der Waals surface area contributed by atoms with E-state index in [0.717, 1.165) is 10.0 Å². The zero-order chi connectivity index (χ0) is 20.5. The molecule has 0 bridgehead atoms.